The molecular weight excluding hydrogens is 365 g/mol. The number of benzene rings is 1. The molecule has 2 aromatic rings. The number of carbonyl (C=O) groups excluding carboxylic acids is 1. The predicted molar refractivity (Wildman–Crippen MR) is 90.2 cm³/mol. The van der Waals surface area contributed by atoms with Crippen LogP contribution in [-0.4, -0.2) is 18.2 Å². The van der Waals surface area contributed by atoms with Crippen LogP contribution < -0.4 is 10.9 Å². The van der Waals surface area contributed by atoms with Crippen molar-refractivity contribution in [1.82, 2.24) is 4.98 Å². The maximum absolute atomic E-state index is 13.6. The highest BCUT2D eigenvalue weighted by molar-refractivity contribution is 5.68. The first-order valence-corrected chi connectivity index (χ1v) is 7.85. The molecule has 1 atom stereocenters. The van der Waals surface area contributed by atoms with Gasteiger partial charge in [-0.2, -0.15) is 13.2 Å². The lowest BCUT2D eigenvalue weighted by Gasteiger charge is -2.30. The van der Waals surface area contributed by atoms with Gasteiger partial charge >= 0.3 is 12.3 Å². The Bertz CT molecular complexity index is 979. The van der Waals surface area contributed by atoms with Gasteiger partial charge in [0, 0.05) is 11.9 Å². The molecule has 9 heteroatoms. The molecule has 1 aromatic carbocycles. The van der Waals surface area contributed by atoms with Crippen LogP contribution in [0.25, 0.3) is 0 Å². The van der Waals surface area contributed by atoms with Crippen LogP contribution >= 0.6 is 0 Å². The number of halogens is 3. The molecule has 1 unspecified atom stereocenters. The van der Waals surface area contributed by atoms with Gasteiger partial charge in [0.2, 0.25) is 0 Å². The summed E-state index contributed by atoms with van der Waals surface area (Å²) in [5, 5.41) is 2.88. The van der Waals surface area contributed by atoms with Gasteiger partial charge in [0.1, 0.15) is 5.76 Å². The number of hydrogen-bond acceptors (Lipinski definition) is 5. The zero-order valence-corrected chi connectivity index (χ0v) is 14.3. The highest BCUT2D eigenvalue weighted by atomic mass is 19.4. The Morgan fingerprint density at radius 2 is 1.89 bits per heavy atom. The fraction of sp³-hybridized carbons (Fsp3) is 0.222. The number of H-pyrrole nitrogens is 1. The third kappa shape index (κ3) is 3.40. The monoisotopic (exact) mass is 380 g/mol. The van der Waals surface area contributed by atoms with Gasteiger partial charge in [-0.05, 0) is 24.6 Å². The van der Waals surface area contributed by atoms with Gasteiger partial charge < -0.3 is 19.8 Å². The van der Waals surface area contributed by atoms with Crippen molar-refractivity contribution in [3.63, 3.8) is 0 Å². The van der Waals surface area contributed by atoms with Crippen LogP contribution in [0.2, 0.25) is 0 Å². The van der Waals surface area contributed by atoms with E-state index in [-0.39, 0.29) is 16.9 Å². The average molecular weight is 380 g/mol. The Morgan fingerprint density at radius 3 is 2.56 bits per heavy atom. The van der Waals surface area contributed by atoms with Crippen LogP contribution in [0.5, 0.6) is 0 Å². The molecule has 0 saturated carbocycles. The summed E-state index contributed by atoms with van der Waals surface area (Å²) in [5.74, 6) is -1.38. The maximum Gasteiger partial charge on any atom is 0.513 e. The highest BCUT2D eigenvalue weighted by Gasteiger charge is 2.40. The molecule has 0 spiro atoms. The number of ether oxygens (including phenoxy) is 2. The number of allylic oxidation sites excluding steroid dienone is 2. The summed E-state index contributed by atoms with van der Waals surface area (Å²) in [5.41, 5.74) is -1.09. The van der Waals surface area contributed by atoms with Gasteiger partial charge in [-0.15, -0.1) is 0 Å². The number of fused-ring (bicyclic) bond motifs is 1. The second-order valence-electron chi connectivity index (χ2n) is 5.82. The average Bonchev–Trinajstić information content (AvgIpc) is 2.62. The van der Waals surface area contributed by atoms with E-state index in [1.807, 2.05) is 0 Å². The number of rotatable bonds is 2. The molecule has 3 rings (SSSR count). The number of nitrogens with one attached hydrogen (secondary N) is 2. The molecule has 0 bridgehead atoms. The molecule has 0 radical (unpaired) electrons. The minimum Gasteiger partial charge on any atom is -0.437 e. The van der Waals surface area contributed by atoms with Crippen LogP contribution in [0.15, 0.2) is 52.8 Å². The fourth-order valence-corrected chi connectivity index (χ4v) is 3.07. The van der Waals surface area contributed by atoms with E-state index >= 15 is 0 Å². The van der Waals surface area contributed by atoms with E-state index in [2.05, 4.69) is 15.0 Å². The summed E-state index contributed by atoms with van der Waals surface area (Å²) < 4.78 is 50.4. The van der Waals surface area contributed by atoms with Crippen molar-refractivity contribution in [1.29, 1.82) is 0 Å². The van der Waals surface area contributed by atoms with E-state index in [0.717, 1.165) is 13.2 Å². The molecular formula is C18H15F3N2O4. The predicted octanol–water partition coefficient (Wildman–Crippen LogP) is 3.97. The van der Waals surface area contributed by atoms with Gasteiger partial charge in [-0.25, -0.2) is 4.79 Å². The summed E-state index contributed by atoms with van der Waals surface area (Å²) >= 11 is 0. The van der Waals surface area contributed by atoms with Crippen LogP contribution in [0.1, 0.15) is 29.5 Å². The molecule has 0 saturated heterocycles. The number of aromatic nitrogens is 1. The summed E-state index contributed by atoms with van der Waals surface area (Å²) in [6.07, 6.45) is -4.38. The first kappa shape index (κ1) is 18.6. The standard InChI is InChI=1S/C18H15F3N2O4/c1-9-15(27-17(25)26-2)13(14-12(23-9)7-8-22-16(14)24)10-5-3-4-6-11(10)18(19,20)21/h3-8,13,23H,1-2H3,(H,22,24). The first-order valence-electron chi connectivity index (χ1n) is 7.85. The van der Waals surface area contributed by atoms with Crippen molar-refractivity contribution in [2.75, 3.05) is 12.4 Å². The lowest BCUT2D eigenvalue weighted by Crippen LogP contribution is -2.29. The summed E-state index contributed by atoms with van der Waals surface area (Å²) in [6.45, 7) is 1.53. The van der Waals surface area contributed by atoms with Crippen molar-refractivity contribution in [3.8, 4) is 0 Å². The Balaban J connectivity index is 2.30. The minimum absolute atomic E-state index is 0.0127. The van der Waals surface area contributed by atoms with E-state index < -0.39 is 29.4 Å². The molecule has 1 aliphatic heterocycles. The van der Waals surface area contributed by atoms with Crippen molar-refractivity contribution < 1.29 is 27.4 Å². The maximum atomic E-state index is 13.6. The Hall–Kier alpha value is -3.23. The second-order valence-corrected chi connectivity index (χ2v) is 5.82. The molecule has 142 valence electrons. The second kappa shape index (κ2) is 6.82. The summed E-state index contributed by atoms with van der Waals surface area (Å²) in [4.78, 5) is 26.6. The number of anilines is 1. The van der Waals surface area contributed by atoms with Gasteiger partial charge in [-0.1, -0.05) is 18.2 Å². The van der Waals surface area contributed by atoms with Gasteiger partial charge in [0.15, 0.2) is 0 Å². The number of hydrogen-bond donors (Lipinski definition) is 2. The molecule has 0 aliphatic carbocycles. The van der Waals surface area contributed by atoms with Crippen LogP contribution in [-0.2, 0) is 15.7 Å². The molecule has 2 N–H and O–H groups in total. The Morgan fingerprint density at radius 1 is 1.19 bits per heavy atom. The molecule has 6 nitrogen and oxygen atoms in total. The molecule has 2 heterocycles. The van der Waals surface area contributed by atoms with Crippen LogP contribution in [0.3, 0.4) is 0 Å². The van der Waals surface area contributed by atoms with Crippen molar-refractivity contribution in [2.45, 2.75) is 19.0 Å². The third-order valence-electron chi connectivity index (χ3n) is 4.18. The summed E-state index contributed by atoms with van der Waals surface area (Å²) in [6, 6.07) is 6.37. The van der Waals surface area contributed by atoms with Gasteiger partial charge in [-0.3, -0.25) is 4.79 Å². The molecule has 0 amide bonds. The van der Waals surface area contributed by atoms with Crippen molar-refractivity contribution in [2.24, 2.45) is 0 Å². The van der Waals surface area contributed by atoms with Crippen LogP contribution in [0.4, 0.5) is 23.7 Å². The van der Waals surface area contributed by atoms with E-state index in [4.69, 9.17) is 4.74 Å². The number of alkyl halides is 3. The van der Waals surface area contributed by atoms with E-state index in [9.17, 15) is 22.8 Å². The lowest BCUT2D eigenvalue weighted by molar-refractivity contribution is -0.138. The highest BCUT2D eigenvalue weighted by Crippen LogP contribution is 2.44. The van der Waals surface area contributed by atoms with Crippen molar-refractivity contribution in [3.05, 3.63) is 75.0 Å². The number of pyridine rings is 1. The smallest absolute Gasteiger partial charge is 0.437 e. The third-order valence-corrected chi connectivity index (χ3v) is 4.18. The molecule has 27 heavy (non-hydrogen) atoms. The molecule has 0 fully saturated rings. The zero-order valence-electron chi connectivity index (χ0n) is 14.3. The molecule has 1 aromatic heterocycles. The Labute approximate surface area is 151 Å². The normalized spacial score (nSPS) is 16.4. The SMILES string of the molecule is COC(=O)OC1=C(C)Nc2cc[nH]c(=O)c2C1c1ccccc1C(F)(F)F. The lowest BCUT2D eigenvalue weighted by atomic mass is 9.83. The topological polar surface area (TPSA) is 80.4 Å². The molecule has 1 aliphatic rings. The number of methoxy groups -OCH3 is 1. The Kier molecular flexibility index (Phi) is 4.69. The number of carbonyl (C=O) groups is 1. The van der Waals surface area contributed by atoms with E-state index in [1.165, 1.54) is 37.4 Å². The first-order chi connectivity index (χ1) is 12.7. The van der Waals surface area contributed by atoms with Gasteiger partial charge in [0.25, 0.3) is 5.56 Å². The largest absolute Gasteiger partial charge is 0.513 e. The van der Waals surface area contributed by atoms with E-state index in [0.29, 0.717) is 11.4 Å². The van der Waals surface area contributed by atoms with Gasteiger partial charge in [0.05, 0.1) is 29.9 Å². The van der Waals surface area contributed by atoms with Crippen LogP contribution in [0, 0.1) is 0 Å². The quantitative estimate of drug-likeness (QED) is 0.771. The van der Waals surface area contributed by atoms with E-state index in [1.54, 1.807) is 0 Å². The minimum atomic E-state index is -4.66. The van der Waals surface area contributed by atoms with Crippen molar-refractivity contribution >= 4 is 11.8 Å². The summed E-state index contributed by atoms with van der Waals surface area (Å²) in [7, 11) is 1.08. The zero-order chi connectivity index (χ0) is 19.8. The fourth-order valence-electron chi connectivity index (χ4n) is 3.07. The number of aromatic amines is 1.